The second-order valence-corrected chi connectivity index (χ2v) is 6.31. The van der Waals surface area contributed by atoms with Crippen molar-refractivity contribution in [3.8, 4) is 0 Å². The fourth-order valence-corrected chi connectivity index (χ4v) is 2.85. The van der Waals surface area contributed by atoms with Crippen molar-refractivity contribution < 1.29 is 9.90 Å². The predicted molar refractivity (Wildman–Crippen MR) is 87.7 cm³/mol. The molecule has 0 unspecified atom stereocenters. The Balaban J connectivity index is 1.58. The Morgan fingerprint density at radius 1 is 1.27 bits per heavy atom. The number of rotatable bonds is 7. The summed E-state index contributed by atoms with van der Waals surface area (Å²) in [6, 6.07) is 3.97. The van der Waals surface area contributed by atoms with Gasteiger partial charge in [-0.2, -0.15) is 0 Å². The minimum atomic E-state index is -0.771. The summed E-state index contributed by atoms with van der Waals surface area (Å²) in [6.07, 6.45) is 7.62. The number of pyridine rings is 1. The maximum absolute atomic E-state index is 11.9. The van der Waals surface area contributed by atoms with Crippen LogP contribution in [0.25, 0.3) is 0 Å². The highest BCUT2D eigenvalue weighted by Gasteiger charge is 2.31. The molecule has 0 spiro atoms. The third-order valence-electron chi connectivity index (χ3n) is 4.17. The van der Waals surface area contributed by atoms with Crippen LogP contribution in [0.5, 0.6) is 0 Å². The van der Waals surface area contributed by atoms with E-state index in [0.29, 0.717) is 6.54 Å². The molecule has 5 heteroatoms. The van der Waals surface area contributed by atoms with Crippen molar-refractivity contribution in [2.75, 3.05) is 18.4 Å². The van der Waals surface area contributed by atoms with Gasteiger partial charge < -0.3 is 15.7 Å². The molecule has 1 heterocycles. The van der Waals surface area contributed by atoms with Crippen molar-refractivity contribution in [1.82, 2.24) is 10.3 Å². The van der Waals surface area contributed by atoms with E-state index in [0.717, 1.165) is 50.0 Å². The largest absolute Gasteiger partial charge is 0.389 e. The fraction of sp³-hybridized carbons (Fsp3) is 0.647. The zero-order chi connectivity index (χ0) is 15.8. The fourth-order valence-electron chi connectivity index (χ4n) is 2.85. The number of hydrogen-bond acceptors (Lipinski definition) is 4. The lowest BCUT2D eigenvalue weighted by Gasteiger charge is -2.31. The number of carbonyl (C=O) groups is 1. The van der Waals surface area contributed by atoms with Crippen LogP contribution in [0.3, 0.4) is 0 Å². The number of carbonyl (C=O) groups excluding carboxylic acids is 1. The molecular formula is C17H27N3O2. The number of nitrogens with zero attached hydrogens (tertiary/aromatic N) is 1. The average molecular weight is 305 g/mol. The van der Waals surface area contributed by atoms with E-state index in [4.69, 9.17) is 0 Å². The van der Waals surface area contributed by atoms with Crippen molar-refractivity contribution in [2.24, 2.45) is 0 Å². The molecule has 122 valence electrons. The Labute approximate surface area is 132 Å². The first kappa shape index (κ1) is 16.7. The number of aromatic nitrogens is 1. The van der Waals surface area contributed by atoms with Crippen LogP contribution in [-0.4, -0.2) is 34.7 Å². The Morgan fingerprint density at radius 3 is 2.73 bits per heavy atom. The smallest absolute Gasteiger partial charge is 0.222 e. The predicted octanol–water partition coefficient (Wildman–Crippen LogP) is 2.39. The summed E-state index contributed by atoms with van der Waals surface area (Å²) in [5.74, 6) is 0.811. The number of nitrogens with one attached hydrogen (secondary N) is 2. The average Bonchev–Trinajstić information content (AvgIpc) is 2.49. The van der Waals surface area contributed by atoms with Crippen LogP contribution < -0.4 is 10.6 Å². The molecule has 0 aromatic carbocycles. The van der Waals surface area contributed by atoms with Gasteiger partial charge in [0.05, 0.1) is 12.0 Å². The quantitative estimate of drug-likeness (QED) is 0.676. The van der Waals surface area contributed by atoms with Crippen LogP contribution in [0.15, 0.2) is 18.3 Å². The molecule has 22 heavy (non-hydrogen) atoms. The lowest BCUT2D eigenvalue weighted by Crippen LogP contribution is -2.38. The zero-order valence-electron chi connectivity index (χ0n) is 13.4. The summed E-state index contributed by atoms with van der Waals surface area (Å²) < 4.78 is 0. The van der Waals surface area contributed by atoms with Crippen LogP contribution in [0.4, 0.5) is 5.82 Å². The third-order valence-corrected chi connectivity index (χ3v) is 4.17. The first-order valence-corrected chi connectivity index (χ1v) is 8.23. The summed E-state index contributed by atoms with van der Waals surface area (Å²) in [6.45, 7) is 3.39. The van der Waals surface area contributed by atoms with E-state index in [-0.39, 0.29) is 12.3 Å². The highest BCUT2D eigenvalue weighted by Crippen LogP contribution is 2.30. The Hall–Kier alpha value is -1.62. The molecule has 1 aromatic rings. The second kappa shape index (κ2) is 8.13. The minimum absolute atomic E-state index is 0.0436. The molecule has 1 aromatic heterocycles. The summed E-state index contributed by atoms with van der Waals surface area (Å²) in [5.41, 5.74) is 0.366. The summed E-state index contributed by atoms with van der Waals surface area (Å²) in [5, 5.41) is 16.4. The molecule has 0 aliphatic heterocycles. The SMILES string of the molecule is Cc1ccc(NCCCNC(=O)CC2(O)CCCCC2)nc1. The van der Waals surface area contributed by atoms with Crippen molar-refractivity contribution in [1.29, 1.82) is 0 Å². The summed E-state index contributed by atoms with van der Waals surface area (Å²) in [7, 11) is 0. The Bertz CT molecular complexity index is 467. The van der Waals surface area contributed by atoms with Gasteiger partial charge in [-0.3, -0.25) is 4.79 Å². The molecule has 1 fully saturated rings. The standard InChI is InChI=1S/C17H27N3O2/c1-14-6-7-15(20-13-14)18-10-5-11-19-16(21)12-17(22)8-3-2-4-9-17/h6-7,13,22H,2-5,8-12H2,1H3,(H,18,20)(H,19,21). The van der Waals surface area contributed by atoms with Gasteiger partial charge in [-0.25, -0.2) is 4.98 Å². The van der Waals surface area contributed by atoms with Gasteiger partial charge in [0, 0.05) is 19.3 Å². The molecule has 0 radical (unpaired) electrons. The number of amides is 1. The monoisotopic (exact) mass is 305 g/mol. The van der Waals surface area contributed by atoms with Crippen LogP contribution in [0.2, 0.25) is 0 Å². The lowest BCUT2D eigenvalue weighted by atomic mass is 9.82. The van der Waals surface area contributed by atoms with E-state index in [9.17, 15) is 9.90 Å². The molecular weight excluding hydrogens is 278 g/mol. The Morgan fingerprint density at radius 2 is 2.05 bits per heavy atom. The van der Waals surface area contributed by atoms with Crippen molar-refractivity contribution in [3.05, 3.63) is 23.9 Å². The molecule has 0 atom stereocenters. The second-order valence-electron chi connectivity index (χ2n) is 6.31. The molecule has 1 saturated carbocycles. The zero-order valence-corrected chi connectivity index (χ0v) is 13.4. The first-order valence-electron chi connectivity index (χ1n) is 8.23. The van der Waals surface area contributed by atoms with Gasteiger partial charge in [-0.05, 0) is 37.8 Å². The van der Waals surface area contributed by atoms with Crippen LogP contribution in [-0.2, 0) is 4.79 Å². The van der Waals surface area contributed by atoms with E-state index in [1.165, 1.54) is 6.42 Å². The van der Waals surface area contributed by atoms with Crippen molar-refractivity contribution in [3.63, 3.8) is 0 Å². The summed E-state index contributed by atoms with van der Waals surface area (Å²) >= 11 is 0. The van der Waals surface area contributed by atoms with Gasteiger partial charge >= 0.3 is 0 Å². The number of anilines is 1. The molecule has 1 aliphatic carbocycles. The molecule has 3 N–H and O–H groups in total. The normalized spacial score (nSPS) is 17.0. The van der Waals surface area contributed by atoms with Gasteiger partial charge in [-0.1, -0.05) is 25.3 Å². The number of hydrogen-bond donors (Lipinski definition) is 3. The maximum atomic E-state index is 11.9. The highest BCUT2D eigenvalue weighted by molar-refractivity contribution is 5.77. The molecule has 0 saturated heterocycles. The van der Waals surface area contributed by atoms with Crippen LogP contribution >= 0.6 is 0 Å². The minimum Gasteiger partial charge on any atom is -0.389 e. The van der Waals surface area contributed by atoms with Crippen LogP contribution in [0.1, 0.15) is 50.5 Å². The lowest BCUT2D eigenvalue weighted by molar-refractivity contribution is -0.127. The molecule has 5 nitrogen and oxygen atoms in total. The topological polar surface area (TPSA) is 74.2 Å². The molecule has 2 rings (SSSR count). The van der Waals surface area contributed by atoms with E-state index < -0.39 is 5.60 Å². The Kier molecular flexibility index (Phi) is 6.19. The van der Waals surface area contributed by atoms with Gasteiger partial charge in [0.2, 0.25) is 5.91 Å². The van der Waals surface area contributed by atoms with E-state index >= 15 is 0 Å². The van der Waals surface area contributed by atoms with Gasteiger partial charge in [0.15, 0.2) is 0 Å². The summed E-state index contributed by atoms with van der Waals surface area (Å²) in [4.78, 5) is 16.1. The van der Waals surface area contributed by atoms with Gasteiger partial charge in [0.1, 0.15) is 5.82 Å². The van der Waals surface area contributed by atoms with Gasteiger partial charge in [0.25, 0.3) is 0 Å². The number of aliphatic hydroxyl groups is 1. The van der Waals surface area contributed by atoms with Crippen molar-refractivity contribution in [2.45, 2.75) is 57.5 Å². The van der Waals surface area contributed by atoms with E-state index in [1.54, 1.807) is 0 Å². The third kappa shape index (κ3) is 5.64. The first-order chi connectivity index (χ1) is 10.6. The number of aryl methyl sites for hydroxylation is 1. The highest BCUT2D eigenvalue weighted by atomic mass is 16.3. The maximum Gasteiger partial charge on any atom is 0.222 e. The molecule has 1 amide bonds. The molecule has 1 aliphatic rings. The van der Waals surface area contributed by atoms with E-state index in [2.05, 4.69) is 15.6 Å². The van der Waals surface area contributed by atoms with E-state index in [1.807, 2.05) is 25.3 Å². The molecule has 0 bridgehead atoms. The van der Waals surface area contributed by atoms with Crippen LogP contribution in [0, 0.1) is 6.92 Å². The van der Waals surface area contributed by atoms with Gasteiger partial charge in [-0.15, -0.1) is 0 Å². The van der Waals surface area contributed by atoms with Crippen molar-refractivity contribution >= 4 is 11.7 Å².